The third-order valence-corrected chi connectivity index (χ3v) is 1.77. The van der Waals surface area contributed by atoms with Crippen LogP contribution >= 0.6 is 0 Å². The van der Waals surface area contributed by atoms with Crippen molar-refractivity contribution >= 4 is 5.97 Å². The molecule has 1 unspecified atom stereocenters. The molecule has 0 aromatic heterocycles. The number of aliphatic hydroxyl groups excluding tert-OH is 1. The second-order valence-electron chi connectivity index (χ2n) is 2.61. The fourth-order valence-electron chi connectivity index (χ4n) is 0.987. The van der Waals surface area contributed by atoms with E-state index in [2.05, 4.69) is 10.7 Å². The van der Waals surface area contributed by atoms with Crippen molar-refractivity contribution in [3.63, 3.8) is 0 Å². The zero-order valence-corrected chi connectivity index (χ0v) is 7.64. The van der Waals surface area contributed by atoms with E-state index in [0.717, 1.165) is 0 Å². The Morgan fingerprint density at radius 3 is 2.43 bits per heavy atom. The maximum Gasteiger partial charge on any atom is 0.358 e. The van der Waals surface area contributed by atoms with Gasteiger partial charge in [0.1, 0.15) is 5.75 Å². The van der Waals surface area contributed by atoms with Crippen LogP contribution in [0.1, 0.15) is 11.7 Å². The van der Waals surface area contributed by atoms with Gasteiger partial charge >= 0.3 is 5.97 Å². The van der Waals surface area contributed by atoms with Crippen molar-refractivity contribution in [2.45, 2.75) is 6.10 Å². The van der Waals surface area contributed by atoms with Crippen molar-refractivity contribution in [3.05, 3.63) is 29.8 Å². The van der Waals surface area contributed by atoms with E-state index in [9.17, 15) is 9.90 Å². The Labute approximate surface area is 81.0 Å². The zero-order valence-electron chi connectivity index (χ0n) is 7.64. The van der Waals surface area contributed by atoms with Crippen molar-refractivity contribution in [1.29, 1.82) is 0 Å². The molecule has 14 heavy (non-hydrogen) atoms. The molecule has 1 atom stereocenters. The molecule has 5 heteroatoms. The normalized spacial score (nSPS) is 11.9. The molecule has 76 valence electrons. The van der Waals surface area contributed by atoms with Gasteiger partial charge in [-0.3, -0.25) is 0 Å². The van der Waals surface area contributed by atoms with Crippen molar-refractivity contribution < 1.29 is 19.5 Å². The van der Waals surface area contributed by atoms with E-state index in [0.29, 0.717) is 11.3 Å². The van der Waals surface area contributed by atoms with E-state index >= 15 is 0 Å². The Hall–Kier alpha value is -1.59. The molecule has 0 aliphatic heterocycles. The fourth-order valence-corrected chi connectivity index (χ4v) is 0.987. The smallest absolute Gasteiger partial charge is 0.358 e. The van der Waals surface area contributed by atoms with E-state index in [4.69, 9.17) is 4.74 Å². The van der Waals surface area contributed by atoms with Gasteiger partial charge in [0.05, 0.1) is 7.11 Å². The van der Waals surface area contributed by atoms with E-state index in [1.54, 1.807) is 24.3 Å². The molecule has 5 nitrogen and oxygen atoms in total. The highest BCUT2D eigenvalue weighted by atomic mass is 16.7. The monoisotopic (exact) mass is 197 g/mol. The quantitative estimate of drug-likeness (QED) is 0.674. The molecule has 1 rings (SSSR count). The lowest BCUT2D eigenvalue weighted by atomic mass is 10.1. The van der Waals surface area contributed by atoms with Gasteiger partial charge in [0.25, 0.3) is 0 Å². The summed E-state index contributed by atoms with van der Waals surface area (Å²) < 4.78 is 4.91. The number of methoxy groups -OCH3 is 1. The second-order valence-corrected chi connectivity index (χ2v) is 2.61. The van der Waals surface area contributed by atoms with Crippen LogP contribution in [0.3, 0.4) is 0 Å². The minimum Gasteiger partial charge on any atom is -0.497 e. The lowest BCUT2D eigenvalue weighted by molar-refractivity contribution is -0.154. The van der Waals surface area contributed by atoms with E-state index in [-0.39, 0.29) is 0 Å². The average molecular weight is 197 g/mol. The molecule has 0 radical (unpaired) electrons. The number of hydrogen-bond donors (Lipinski definition) is 2. The highest BCUT2D eigenvalue weighted by Gasteiger charge is 2.17. The van der Waals surface area contributed by atoms with Crippen molar-refractivity contribution in [2.24, 2.45) is 5.90 Å². The Morgan fingerprint density at radius 2 is 2.00 bits per heavy atom. The molecule has 0 heterocycles. The first-order valence-corrected chi connectivity index (χ1v) is 3.91. The molecule has 0 aliphatic carbocycles. The van der Waals surface area contributed by atoms with Gasteiger partial charge in [-0.1, -0.05) is 12.1 Å². The lowest BCUT2D eigenvalue weighted by Gasteiger charge is -2.08. The summed E-state index contributed by atoms with van der Waals surface area (Å²) >= 11 is 0. The molecule has 0 saturated carbocycles. The number of carbonyl (C=O) groups is 1. The average Bonchev–Trinajstić information content (AvgIpc) is 2.27. The Balaban J connectivity index is 2.81. The Bertz CT molecular complexity index is 309. The summed E-state index contributed by atoms with van der Waals surface area (Å²) in [5.41, 5.74) is 0.404. The van der Waals surface area contributed by atoms with Gasteiger partial charge in [0.2, 0.25) is 0 Å². The van der Waals surface area contributed by atoms with Crippen LogP contribution in [0.4, 0.5) is 0 Å². The number of carbonyl (C=O) groups excluding carboxylic acids is 1. The van der Waals surface area contributed by atoms with Crippen LogP contribution in [0.5, 0.6) is 5.75 Å². The SMILES string of the molecule is COc1ccc(C(O)C(=O)ON)cc1. The first-order chi connectivity index (χ1) is 6.69. The summed E-state index contributed by atoms with van der Waals surface area (Å²) in [5.74, 6) is 4.38. The predicted molar refractivity (Wildman–Crippen MR) is 48.2 cm³/mol. The summed E-state index contributed by atoms with van der Waals surface area (Å²) in [6, 6.07) is 6.37. The Morgan fingerprint density at radius 1 is 1.43 bits per heavy atom. The lowest BCUT2D eigenvalue weighted by Crippen LogP contribution is -2.18. The van der Waals surface area contributed by atoms with Gasteiger partial charge in [-0.2, -0.15) is 5.90 Å². The van der Waals surface area contributed by atoms with E-state index < -0.39 is 12.1 Å². The predicted octanol–water partition coefficient (Wildman–Crippen LogP) is 0.146. The maximum atomic E-state index is 10.8. The third-order valence-electron chi connectivity index (χ3n) is 1.77. The van der Waals surface area contributed by atoms with Crippen LogP contribution in [0, 0.1) is 0 Å². The minimum atomic E-state index is -1.36. The molecular formula is C9H11NO4. The first kappa shape index (κ1) is 10.5. The van der Waals surface area contributed by atoms with Gasteiger partial charge in [-0.05, 0) is 17.7 Å². The largest absolute Gasteiger partial charge is 0.497 e. The van der Waals surface area contributed by atoms with Crippen LogP contribution in [0.2, 0.25) is 0 Å². The Kier molecular flexibility index (Phi) is 3.44. The standard InChI is InChI=1S/C9H11NO4/c1-13-7-4-2-6(3-5-7)8(11)9(12)14-10/h2-5,8,11H,10H2,1H3. The molecule has 0 bridgehead atoms. The molecule has 1 aromatic carbocycles. The van der Waals surface area contributed by atoms with Crippen LogP contribution < -0.4 is 10.6 Å². The summed E-state index contributed by atoms with van der Waals surface area (Å²) in [4.78, 5) is 14.7. The molecule has 0 amide bonds. The van der Waals surface area contributed by atoms with Gasteiger partial charge in [0.15, 0.2) is 6.10 Å². The molecule has 0 aliphatic rings. The highest BCUT2D eigenvalue weighted by molar-refractivity contribution is 5.75. The van der Waals surface area contributed by atoms with Crippen LogP contribution in [0.25, 0.3) is 0 Å². The highest BCUT2D eigenvalue weighted by Crippen LogP contribution is 2.17. The number of hydrogen-bond acceptors (Lipinski definition) is 5. The third kappa shape index (κ3) is 2.21. The topological polar surface area (TPSA) is 81.8 Å². The van der Waals surface area contributed by atoms with Crippen LogP contribution in [-0.2, 0) is 9.63 Å². The fraction of sp³-hybridized carbons (Fsp3) is 0.222. The molecule has 3 N–H and O–H groups in total. The van der Waals surface area contributed by atoms with Crippen molar-refractivity contribution in [3.8, 4) is 5.75 Å². The molecule has 1 aromatic rings. The van der Waals surface area contributed by atoms with Gasteiger partial charge in [-0.25, -0.2) is 4.79 Å². The number of benzene rings is 1. The van der Waals surface area contributed by atoms with E-state index in [1.165, 1.54) is 7.11 Å². The van der Waals surface area contributed by atoms with Gasteiger partial charge in [0, 0.05) is 0 Å². The van der Waals surface area contributed by atoms with Crippen molar-refractivity contribution in [1.82, 2.24) is 0 Å². The number of ether oxygens (including phenoxy) is 1. The molecule has 0 spiro atoms. The minimum absolute atomic E-state index is 0.404. The molecular weight excluding hydrogens is 186 g/mol. The summed E-state index contributed by atoms with van der Waals surface area (Å²) in [6.45, 7) is 0. The number of rotatable bonds is 3. The number of nitrogens with two attached hydrogens (primary N) is 1. The first-order valence-electron chi connectivity index (χ1n) is 3.91. The second kappa shape index (κ2) is 4.59. The van der Waals surface area contributed by atoms with Crippen LogP contribution in [0.15, 0.2) is 24.3 Å². The molecule has 0 fully saturated rings. The van der Waals surface area contributed by atoms with Gasteiger partial charge < -0.3 is 14.7 Å². The van der Waals surface area contributed by atoms with Gasteiger partial charge in [-0.15, -0.1) is 0 Å². The van der Waals surface area contributed by atoms with Crippen LogP contribution in [-0.4, -0.2) is 18.2 Å². The number of aliphatic hydroxyl groups is 1. The summed E-state index contributed by atoms with van der Waals surface area (Å²) in [6.07, 6.45) is -1.36. The summed E-state index contributed by atoms with van der Waals surface area (Å²) in [7, 11) is 1.53. The zero-order chi connectivity index (χ0) is 10.6. The molecule has 0 saturated heterocycles. The summed E-state index contributed by atoms with van der Waals surface area (Å²) in [5, 5.41) is 9.36. The van der Waals surface area contributed by atoms with E-state index in [1.807, 2.05) is 0 Å². The maximum absolute atomic E-state index is 10.8. The van der Waals surface area contributed by atoms with Crippen molar-refractivity contribution in [2.75, 3.05) is 7.11 Å².